The van der Waals surface area contributed by atoms with E-state index in [1.54, 1.807) is 4.90 Å². The first kappa shape index (κ1) is 14.9. The highest BCUT2D eigenvalue weighted by Gasteiger charge is 2.43. The van der Waals surface area contributed by atoms with Crippen LogP contribution in [0.15, 0.2) is 5.11 Å². The lowest BCUT2D eigenvalue weighted by Gasteiger charge is -2.32. The van der Waals surface area contributed by atoms with Gasteiger partial charge in [0.1, 0.15) is 5.60 Å². The van der Waals surface area contributed by atoms with Gasteiger partial charge in [0.05, 0.1) is 12.1 Å². The van der Waals surface area contributed by atoms with Crippen molar-refractivity contribution in [1.29, 1.82) is 0 Å². The number of likely N-dealkylation sites (tertiary alicyclic amines) is 1. The second-order valence-corrected chi connectivity index (χ2v) is 6.72. The Morgan fingerprint density at radius 2 is 1.95 bits per heavy atom. The molecule has 1 saturated carbocycles. The normalized spacial score (nSPS) is 33.3. The van der Waals surface area contributed by atoms with Crippen LogP contribution in [0.3, 0.4) is 0 Å². The van der Waals surface area contributed by atoms with E-state index in [0.717, 1.165) is 0 Å². The minimum absolute atomic E-state index is 0.266. The Balaban J connectivity index is 1.98. The molecule has 1 N–H and O–H groups in total. The average molecular weight is 282 g/mol. The zero-order chi connectivity index (χ0) is 14.9. The van der Waals surface area contributed by atoms with Crippen LogP contribution in [0.2, 0.25) is 0 Å². The lowest BCUT2D eigenvalue weighted by molar-refractivity contribution is 0.0282. The third-order valence-electron chi connectivity index (χ3n) is 3.96. The van der Waals surface area contributed by atoms with E-state index in [-0.39, 0.29) is 24.0 Å². The minimum Gasteiger partial charge on any atom is -0.444 e. The van der Waals surface area contributed by atoms with E-state index in [9.17, 15) is 9.90 Å². The molecule has 0 aromatic carbocycles. The largest absolute Gasteiger partial charge is 0.444 e. The third kappa shape index (κ3) is 3.35. The van der Waals surface area contributed by atoms with E-state index in [4.69, 9.17) is 10.3 Å². The number of fused-ring (bicyclic) bond motifs is 1. The van der Waals surface area contributed by atoms with Gasteiger partial charge in [-0.3, -0.25) is 0 Å². The fourth-order valence-corrected chi connectivity index (χ4v) is 3.07. The molecule has 0 bridgehead atoms. The topological polar surface area (TPSA) is 98.5 Å². The maximum atomic E-state index is 12.1. The number of carbonyl (C=O) groups excluding carboxylic acids is 1. The molecule has 2 aliphatic rings. The number of hydrogen-bond acceptors (Lipinski definition) is 4. The summed E-state index contributed by atoms with van der Waals surface area (Å²) < 4.78 is 5.37. The Bertz CT molecular complexity index is 428. The highest BCUT2D eigenvalue weighted by molar-refractivity contribution is 5.68. The molecule has 1 aliphatic heterocycles. The van der Waals surface area contributed by atoms with Gasteiger partial charge in [0, 0.05) is 18.0 Å². The van der Waals surface area contributed by atoms with E-state index in [0.29, 0.717) is 25.9 Å². The fourth-order valence-electron chi connectivity index (χ4n) is 3.07. The van der Waals surface area contributed by atoms with E-state index in [1.165, 1.54) is 0 Å². The van der Waals surface area contributed by atoms with Gasteiger partial charge < -0.3 is 14.7 Å². The molecule has 0 aromatic rings. The standard InChI is InChI=1S/C13H22N4O3/c1-13(2,3)20-12(19)17-6-8-4-10(15-16-14)11(18)5-9(8)7-17/h8-11,18H,4-7H2,1-3H3/t8-,9+,10?,11-/m0/s1. The van der Waals surface area contributed by atoms with E-state index in [1.807, 2.05) is 20.8 Å². The maximum Gasteiger partial charge on any atom is 0.410 e. The fraction of sp³-hybridized carbons (Fsp3) is 0.923. The first-order valence-corrected chi connectivity index (χ1v) is 7.00. The molecule has 1 heterocycles. The summed E-state index contributed by atoms with van der Waals surface area (Å²) in [5.74, 6) is 0.545. The van der Waals surface area contributed by atoms with Gasteiger partial charge in [-0.25, -0.2) is 4.79 Å². The molecule has 0 spiro atoms. The number of rotatable bonds is 1. The van der Waals surface area contributed by atoms with Crippen molar-refractivity contribution >= 4 is 6.09 Å². The molecular formula is C13H22N4O3. The van der Waals surface area contributed by atoms with Crippen molar-refractivity contribution in [3.63, 3.8) is 0 Å². The molecule has 0 radical (unpaired) electrons. The molecule has 112 valence electrons. The summed E-state index contributed by atoms with van der Waals surface area (Å²) in [7, 11) is 0. The Hall–Kier alpha value is -1.46. The molecule has 1 unspecified atom stereocenters. The molecule has 1 aliphatic carbocycles. The van der Waals surface area contributed by atoms with Crippen molar-refractivity contribution in [1.82, 2.24) is 4.90 Å². The van der Waals surface area contributed by atoms with Gasteiger partial charge in [-0.15, -0.1) is 0 Å². The summed E-state index contributed by atoms with van der Waals surface area (Å²) in [4.78, 5) is 16.5. The smallest absolute Gasteiger partial charge is 0.410 e. The van der Waals surface area contributed by atoms with Gasteiger partial charge in [-0.1, -0.05) is 5.11 Å². The van der Waals surface area contributed by atoms with Gasteiger partial charge >= 0.3 is 6.09 Å². The number of aliphatic hydroxyl groups excluding tert-OH is 1. The first-order chi connectivity index (χ1) is 9.30. The molecule has 1 saturated heterocycles. The summed E-state index contributed by atoms with van der Waals surface area (Å²) in [6.07, 6.45) is 0.301. The van der Waals surface area contributed by atoms with Gasteiger partial charge in [-0.05, 0) is 51.0 Å². The number of azide groups is 1. The van der Waals surface area contributed by atoms with Crippen LogP contribution in [-0.2, 0) is 4.74 Å². The van der Waals surface area contributed by atoms with Gasteiger partial charge in [-0.2, -0.15) is 0 Å². The van der Waals surface area contributed by atoms with Crippen LogP contribution in [0.5, 0.6) is 0 Å². The van der Waals surface area contributed by atoms with Crippen LogP contribution in [0.4, 0.5) is 4.79 Å². The second-order valence-electron chi connectivity index (χ2n) is 6.72. The van der Waals surface area contributed by atoms with Gasteiger partial charge in [0.2, 0.25) is 0 Å². The lowest BCUT2D eigenvalue weighted by Crippen LogP contribution is -2.37. The van der Waals surface area contributed by atoms with Crippen LogP contribution < -0.4 is 0 Å². The van der Waals surface area contributed by atoms with Gasteiger partial charge in [0.15, 0.2) is 0 Å². The zero-order valence-electron chi connectivity index (χ0n) is 12.2. The number of carbonyl (C=O) groups is 1. The number of ether oxygens (including phenoxy) is 1. The molecule has 7 nitrogen and oxygen atoms in total. The molecule has 20 heavy (non-hydrogen) atoms. The van der Waals surface area contributed by atoms with Crippen molar-refractivity contribution in [3.05, 3.63) is 10.4 Å². The van der Waals surface area contributed by atoms with Crippen LogP contribution in [-0.4, -0.2) is 46.9 Å². The predicted molar refractivity (Wildman–Crippen MR) is 73.0 cm³/mol. The summed E-state index contributed by atoms with van der Waals surface area (Å²) in [5.41, 5.74) is 8.01. The van der Waals surface area contributed by atoms with Crippen molar-refractivity contribution in [2.45, 2.75) is 51.4 Å². The highest BCUT2D eigenvalue weighted by Crippen LogP contribution is 2.38. The third-order valence-corrected chi connectivity index (χ3v) is 3.96. The summed E-state index contributed by atoms with van der Waals surface area (Å²) in [6, 6.07) is -0.375. The molecule has 4 atom stereocenters. The van der Waals surface area contributed by atoms with Crippen molar-refractivity contribution in [2.24, 2.45) is 17.0 Å². The van der Waals surface area contributed by atoms with Crippen LogP contribution in [0.1, 0.15) is 33.6 Å². The molecule has 2 rings (SSSR count). The summed E-state index contributed by atoms with van der Waals surface area (Å²) >= 11 is 0. The Labute approximate surface area is 118 Å². The number of hydrogen-bond donors (Lipinski definition) is 1. The van der Waals surface area contributed by atoms with E-state index >= 15 is 0 Å². The Morgan fingerprint density at radius 3 is 2.50 bits per heavy atom. The lowest BCUT2D eigenvalue weighted by atomic mass is 9.78. The van der Waals surface area contributed by atoms with Crippen LogP contribution in [0.25, 0.3) is 10.4 Å². The molecule has 7 heteroatoms. The average Bonchev–Trinajstić information content (AvgIpc) is 2.70. The zero-order valence-corrected chi connectivity index (χ0v) is 12.2. The van der Waals surface area contributed by atoms with Crippen molar-refractivity contribution in [3.8, 4) is 0 Å². The number of aliphatic hydroxyl groups is 1. The van der Waals surface area contributed by atoms with Crippen molar-refractivity contribution in [2.75, 3.05) is 13.1 Å². The van der Waals surface area contributed by atoms with E-state index < -0.39 is 11.7 Å². The van der Waals surface area contributed by atoms with Crippen molar-refractivity contribution < 1.29 is 14.6 Å². The quantitative estimate of drug-likeness (QED) is 0.454. The highest BCUT2D eigenvalue weighted by atomic mass is 16.6. The Kier molecular flexibility index (Phi) is 4.11. The molecular weight excluding hydrogens is 260 g/mol. The Morgan fingerprint density at radius 1 is 1.35 bits per heavy atom. The number of nitrogens with zero attached hydrogens (tertiary/aromatic N) is 4. The molecule has 2 fully saturated rings. The first-order valence-electron chi connectivity index (χ1n) is 7.00. The second kappa shape index (κ2) is 5.50. The monoisotopic (exact) mass is 282 g/mol. The SMILES string of the molecule is CC(C)(C)OC(=O)N1C[C@H]2C[C@H](O)C(N=[N+]=[N-])C[C@H]2C1. The summed E-state index contributed by atoms with van der Waals surface area (Å²) in [5, 5.41) is 13.6. The van der Waals surface area contributed by atoms with E-state index in [2.05, 4.69) is 10.0 Å². The van der Waals surface area contributed by atoms with Crippen LogP contribution >= 0.6 is 0 Å². The predicted octanol–water partition coefficient (Wildman–Crippen LogP) is 2.30. The molecule has 0 aromatic heterocycles. The summed E-state index contributed by atoms with van der Waals surface area (Å²) in [6.45, 7) is 6.75. The minimum atomic E-state index is -0.606. The molecule has 1 amide bonds. The van der Waals surface area contributed by atoms with Gasteiger partial charge in [0.25, 0.3) is 0 Å². The maximum absolute atomic E-state index is 12.1. The number of amides is 1. The van der Waals surface area contributed by atoms with Crippen LogP contribution in [0, 0.1) is 11.8 Å².